The van der Waals surface area contributed by atoms with Gasteiger partial charge in [-0.05, 0) is 90.5 Å². The van der Waals surface area contributed by atoms with Gasteiger partial charge < -0.3 is 15.5 Å². The van der Waals surface area contributed by atoms with E-state index in [1.54, 1.807) is 0 Å². The highest BCUT2D eigenvalue weighted by Gasteiger charge is 2.25. The van der Waals surface area contributed by atoms with Crippen molar-refractivity contribution in [1.82, 2.24) is 25.3 Å². The van der Waals surface area contributed by atoms with Crippen LogP contribution in [0.25, 0.3) is 0 Å². The Balaban J connectivity index is 0.00000341. The molecule has 2 aliphatic rings. The minimum absolute atomic E-state index is 0.251. The van der Waals surface area contributed by atoms with Gasteiger partial charge in [0.25, 0.3) is 0 Å². The molecule has 2 unspecified atom stereocenters. The number of likely N-dealkylation sites (N-methyl/N-ethyl adjacent to an activating group) is 1. The summed E-state index contributed by atoms with van der Waals surface area (Å²) in [5.41, 5.74) is 3.18. The molecule has 2 heterocycles. The van der Waals surface area contributed by atoms with Gasteiger partial charge in [0.05, 0.1) is 0 Å². The van der Waals surface area contributed by atoms with Crippen LogP contribution in [0.15, 0.2) is 99.7 Å². The highest BCUT2D eigenvalue weighted by Crippen LogP contribution is 2.21. The highest BCUT2D eigenvalue weighted by molar-refractivity contribution is 6.31. The van der Waals surface area contributed by atoms with Crippen molar-refractivity contribution in [3.05, 3.63) is 94.7 Å². The van der Waals surface area contributed by atoms with Gasteiger partial charge in [-0.1, -0.05) is 113 Å². The van der Waals surface area contributed by atoms with E-state index < -0.39 is 0 Å². The Morgan fingerprint density at radius 3 is 2.15 bits per heavy atom. The highest BCUT2D eigenvalue weighted by atomic mass is 35.5. The minimum Gasteiger partial charge on any atom is -0.388 e. The van der Waals surface area contributed by atoms with Crippen molar-refractivity contribution in [3.8, 4) is 0 Å². The maximum Gasteiger partial charge on any atom is 0.130 e. The van der Waals surface area contributed by atoms with E-state index in [2.05, 4.69) is 110 Å². The second kappa shape index (κ2) is 32.1. The molecule has 0 radical (unpaired) electrons. The van der Waals surface area contributed by atoms with Crippen molar-refractivity contribution in [2.75, 3.05) is 66.0 Å². The second-order valence-corrected chi connectivity index (χ2v) is 13.8. The second-order valence-electron chi connectivity index (χ2n) is 12.9. The van der Waals surface area contributed by atoms with Gasteiger partial charge in [-0.3, -0.25) is 14.8 Å². The first kappa shape index (κ1) is 49.6. The van der Waals surface area contributed by atoms with Gasteiger partial charge in [0.15, 0.2) is 0 Å². The van der Waals surface area contributed by atoms with Crippen LogP contribution in [-0.4, -0.2) is 98.6 Å². The smallest absolute Gasteiger partial charge is 0.130 e. The number of piperazine rings is 1. The lowest BCUT2D eigenvalue weighted by Crippen LogP contribution is -2.52. The van der Waals surface area contributed by atoms with Crippen LogP contribution in [-0.2, 0) is 0 Å². The zero-order valence-corrected chi connectivity index (χ0v) is 36.1. The number of nitrogens with one attached hydrogen (secondary N) is 2. The standard InChI is InChI=1S/C37H60Cl2N6.C5H10.C2H6/c1-8-15-34(39)17-13-18-36(33(9-2)20-19-30(4)38)45-28-26-43(27-29-45)25-22-42-37(35(10-3)32(6)40-7)41-21-14-24-44-23-12-11-16-31(44)5;1-3-5-4-2;1-2/h9-10,13,15,17,19-20,31,36,40H,4,6,8,11-12,14,16,18,21-29H2,1-3,5,7H3,(H,41,42);3,5H,4H2,1-2H3;1-2H3/b17-13-,20-19-,33-9+,34-15+,35-10+;5-3-;. The molecule has 0 amide bonds. The van der Waals surface area contributed by atoms with Gasteiger partial charge in [0, 0.05) is 92.8 Å². The summed E-state index contributed by atoms with van der Waals surface area (Å²) >= 11 is 12.4. The molecule has 0 aromatic carbocycles. The molecule has 52 heavy (non-hydrogen) atoms. The summed E-state index contributed by atoms with van der Waals surface area (Å²) in [6, 6.07) is 0.942. The van der Waals surface area contributed by atoms with E-state index in [1.807, 2.05) is 46.0 Å². The summed E-state index contributed by atoms with van der Waals surface area (Å²) in [5.74, 6) is 0.940. The molecule has 2 N–H and O–H groups in total. The van der Waals surface area contributed by atoms with E-state index >= 15 is 0 Å². The van der Waals surface area contributed by atoms with Crippen LogP contribution < -0.4 is 10.6 Å². The monoisotopic (exact) mass is 759 g/mol. The maximum atomic E-state index is 6.35. The molecule has 0 bridgehead atoms. The quantitative estimate of drug-likeness (QED) is 0.0452. The summed E-state index contributed by atoms with van der Waals surface area (Å²) in [7, 11) is 1.92. The molecule has 2 aliphatic heterocycles. The number of rotatable bonds is 19. The van der Waals surface area contributed by atoms with Crippen LogP contribution in [0.4, 0.5) is 0 Å². The number of likely N-dealkylation sites (tertiary alicyclic amines) is 1. The Hall–Kier alpha value is -2.35. The number of hydrogen-bond donors (Lipinski definition) is 2. The topological polar surface area (TPSA) is 46.1 Å². The molecular formula is C44H76Cl2N6. The first-order valence-electron chi connectivity index (χ1n) is 20.0. The summed E-state index contributed by atoms with van der Waals surface area (Å²) in [5, 5.41) is 8.20. The van der Waals surface area contributed by atoms with Crippen LogP contribution in [0, 0.1) is 0 Å². The molecule has 2 atom stereocenters. The average Bonchev–Trinajstić information content (AvgIpc) is 3.15. The Morgan fingerprint density at radius 1 is 0.904 bits per heavy atom. The number of allylic oxidation sites excluding steroid dienone is 9. The summed E-state index contributed by atoms with van der Waals surface area (Å²) in [6.45, 7) is 33.8. The van der Waals surface area contributed by atoms with Gasteiger partial charge in [0.1, 0.15) is 5.84 Å². The third-order valence-electron chi connectivity index (χ3n) is 9.23. The predicted octanol–water partition coefficient (Wildman–Crippen LogP) is 10.6. The molecule has 296 valence electrons. The van der Waals surface area contributed by atoms with E-state index in [1.165, 1.54) is 31.4 Å². The molecule has 8 heteroatoms. The lowest BCUT2D eigenvalue weighted by Gasteiger charge is -2.39. The first-order chi connectivity index (χ1) is 25.1. The van der Waals surface area contributed by atoms with Crippen LogP contribution >= 0.6 is 23.2 Å². The van der Waals surface area contributed by atoms with Gasteiger partial charge in [-0.15, -0.1) is 0 Å². The number of halogens is 2. The van der Waals surface area contributed by atoms with Crippen molar-refractivity contribution in [2.45, 2.75) is 112 Å². The van der Waals surface area contributed by atoms with Gasteiger partial charge in [0.2, 0.25) is 0 Å². The number of hydrogen-bond acceptors (Lipinski definition) is 5. The fourth-order valence-corrected chi connectivity index (χ4v) is 6.61. The van der Waals surface area contributed by atoms with Crippen molar-refractivity contribution in [2.24, 2.45) is 4.99 Å². The van der Waals surface area contributed by atoms with Crippen LogP contribution in [0.3, 0.4) is 0 Å². The lowest BCUT2D eigenvalue weighted by atomic mass is 9.99. The number of amidine groups is 1. The fourth-order valence-electron chi connectivity index (χ4n) is 6.30. The third kappa shape index (κ3) is 21.4. The van der Waals surface area contributed by atoms with Crippen molar-refractivity contribution in [3.63, 3.8) is 0 Å². The minimum atomic E-state index is 0.251. The molecule has 2 rings (SSSR count). The van der Waals surface area contributed by atoms with Crippen molar-refractivity contribution >= 4 is 29.0 Å². The van der Waals surface area contributed by atoms with Crippen LogP contribution in [0.1, 0.15) is 100 Å². The third-order valence-corrected chi connectivity index (χ3v) is 9.64. The molecule has 0 aromatic heterocycles. The largest absolute Gasteiger partial charge is 0.388 e. The number of piperidine rings is 1. The van der Waals surface area contributed by atoms with E-state index in [4.69, 9.17) is 28.2 Å². The molecule has 2 fully saturated rings. The van der Waals surface area contributed by atoms with Crippen molar-refractivity contribution < 1.29 is 0 Å². The van der Waals surface area contributed by atoms with Gasteiger partial charge in [-0.2, -0.15) is 0 Å². The zero-order chi connectivity index (χ0) is 39.1. The van der Waals surface area contributed by atoms with Gasteiger partial charge >= 0.3 is 0 Å². The molecule has 0 aliphatic carbocycles. The van der Waals surface area contributed by atoms with E-state index in [0.717, 1.165) is 100 Å². The molecular weight excluding hydrogens is 683 g/mol. The van der Waals surface area contributed by atoms with Crippen molar-refractivity contribution in [1.29, 1.82) is 0 Å². The zero-order valence-electron chi connectivity index (χ0n) is 34.6. The van der Waals surface area contributed by atoms with Gasteiger partial charge in [-0.25, -0.2) is 0 Å². The first-order valence-corrected chi connectivity index (χ1v) is 20.7. The Morgan fingerprint density at radius 2 is 1.62 bits per heavy atom. The predicted molar refractivity (Wildman–Crippen MR) is 236 cm³/mol. The van der Waals surface area contributed by atoms with E-state index in [0.29, 0.717) is 11.1 Å². The molecule has 6 nitrogen and oxygen atoms in total. The lowest BCUT2D eigenvalue weighted by molar-refractivity contribution is 0.111. The number of nitrogens with zero attached hydrogens (tertiary/aromatic N) is 4. The summed E-state index contributed by atoms with van der Waals surface area (Å²) < 4.78 is 0. The Bertz CT molecular complexity index is 1190. The van der Waals surface area contributed by atoms with Crippen LogP contribution in [0.5, 0.6) is 0 Å². The average molecular weight is 760 g/mol. The maximum absolute atomic E-state index is 6.35. The molecule has 0 saturated carbocycles. The van der Waals surface area contributed by atoms with E-state index in [9.17, 15) is 0 Å². The van der Waals surface area contributed by atoms with Crippen LogP contribution in [0.2, 0.25) is 0 Å². The van der Waals surface area contributed by atoms with E-state index in [-0.39, 0.29) is 6.04 Å². The number of aliphatic imine (C=N–C) groups is 1. The molecule has 0 aromatic rings. The Kier molecular flexibility index (Phi) is 30.7. The molecule has 2 saturated heterocycles. The normalized spacial score (nSPS) is 19.3. The summed E-state index contributed by atoms with van der Waals surface area (Å²) in [4.78, 5) is 12.8. The molecule has 0 spiro atoms. The Labute approximate surface area is 331 Å². The fraction of sp³-hybridized carbons (Fsp3) is 0.614. The summed E-state index contributed by atoms with van der Waals surface area (Å²) in [6.07, 6.45) is 26.7. The SMILES string of the molecule is C/C=C\CC.C=C(Cl)/C=C\C(=C/C)C(C/C=C\C(Cl)=C/CC)N1CCN(CCNC(=NCCCN2CCCCC2C)/C(=C/C)C(=C)NC)CC1.CC.